The standard InChI is InChI=1S/C32H25N3O4S.C32H23N3O2S/c36-29-22-15-19-11-13-21(33-19)25(17-7-3-1-4-8-17)27-31(38)30(37)23(35-27)16-20-12-14-24(40-20)26(28(34-22)32(29)39)18-9-5-2-6-10-18;36-31-26-18-22-12-15-25(34-22)28(19-7-3-1-4-8-19)24-14-11-21(33-24)17-23-13-16-27(38-23)29(30(35-26)32(31)37)20-9-5-2-6-10-20/h1-16,29-33,36-39H;1-18,31-32,34,36-37H. The Morgan fingerprint density at radius 1 is 0.333 bits per heavy atom. The predicted molar refractivity (Wildman–Crippen MR) is 309 cm³/mol. The van der Waals surface area contributed by atoms with Gasteiger partial charge in [-0.1, -0.05) is 121 Å². The van der Waals surface area contributed by atoms with Gasteiger partial charge in [0.05, 0.1) is 45.6 Å². The van der Waals surface area contributed by atoms with Crippen molar-refractivity contribution in [2.24, 2.45) is 0 Å². The second kappa shape index (κ2) is 20.4. The van der Waals surface area contributed by atoms with Crippen molar-refractivity contribution in [2.45, 2.75) is 36.6 Å². The molecule has 382 valence electrons. The molecule has 0 saturated carbocycles. The quantitative estimate of drug-likeness (QED) is 0.0837. The fourth-order valence-corrected chi connectivity index (χ4v) is 12.5. The number of aliphatic hydroxyl groups excluding tert-OH is 6. The van der Waals surface area contributed by atoms with Crippen LogP contribution in [0, 0.1) is 0 Å². The Labute approximate surface area is 454 Å². The van der Waals surface area contributed by atoms with Gasteiger partial charge in [0.25, 0.3) is 0 Å². The summed E-state index contributed by atoms with van der Waals surface area (Å²) < 4.78 is 3.66. The molecule has 6 unspecified atom stereocenters. The van der Waals surface area contributed by atoms with E-state index in [2.05, 4.69) is 40.3 Å². The third-order valence-electron chi connectivity index (χ3n) is 14.2. The van der Waals surface area contributed by atoms with E-state index in [1.165, 1.54) is 11.3 Å². The Balaban J connectivity index is 0.000000149. The van der Waals surface area contributed by atoms with Crippen LogP contribution in [0.4, 0.5) is 0 Å². The summed E-state index contributed by atoms with van der Waals surface area (Å²) in [5.41, 5.74) is 14.0. The number of nitrogens with one attached hydrogen (secondary N) is 2. The molecule has 0 spiro atoms. The van der Waals surface area contributed by atoms with Gasteiger partial charge in [0, 0.05) is 63.1 Å². The summed E-state index contributed by atoms with van der Waals surface area (Å²) in [5, 5.41) is 66.6. The second-order valence-corrected chi connectivity index (χ2v) is 21.5. The smallest absolute Gasteiger partial charge is 0.128 e. The molecular formula is C64H48N6O6S2. The number of benzene rings is 4. The molecule has 14 heteroatoms. The summed E-state index contributed by atoms with van der Waals surface area (Å²) in [7, 11) is 0. The summed E-state index contributed by atoms with van der Waals surface area (Å²) in [4.78, 5) is 26.1. The van der Waals surface area contributed by atoms with Crippen LogP contribution < -0.4 is 0 Å². The molecule has 4 aliphatic heterocycles. The number of aliphatic hydroxyl groups is 6. The number of nitrogens with zero attached hydrogens (tertiary/aromatic N) is 4. The van der Waals surface area contributed by atoms with Gasteiger partial charge in [-0.2, -0.15) is 0 Å². The van der Waals surface area contributed by atoms with Crippen LogP contribution in [0.1, 0.15) is 82.2 Å². The fourth-order valence-electron chi connectivity index (χ4n) is 10.5. The van der Waals surface area contributed by atoms with Gasteiger partial charge in [0.1, 0.15) is 36.6 Å². The molecule has 14 rings (SSSR count). The first kappa shape index (κ1) is 49.1. The van der Waals surface area contributed by atoms with Crippen LogP contribution in [0.3, 0.4) is 0 Å². The topological polar surface area (TPSA) is 205 Å². The van der Waals surface area contributed by atoms with Crippen LogP contribution in [0.5, 0.6) is 0 Å². The van der Waals surface area contributed by atoms with Crippen molar-refractivity contribution in [1.29, 1.82) is 0 Å². The molecule has 0 fully saturated rings. The highest BCUT2D eigenvalue weighted by atomic mass is 32.1. The zero-order valence-electron chi connectivity index (χ0n) is 41.4. The van der Waals surface area contributed by atoms with E-state index >= 15 is 0 Å². The number of hydrogen-bond acceptors (Lipinski definition) is 12. The molecule has 16 bridgehead atoms. The third-order valence-corrected chi connectivity index (χ3v) is 16.3. The van der Waals surface area contributed by atoms with Gasteiger partial charge < -0.3 is 40.6 Å². The molecule has 8 N–H and O–H groups in total. The number of aromatic amines is 2. The van der Waals surface area contributed by atoms with Gasteiger partial charge >= 0.3 is 0 Å². The van der Waals surface area contributed by atoms with Crippen LogP contribution in [0.2, 0.25) is 0 Å². The van der Waals surface area contributed by atoms with Gasteiger partial charge in [0.2, 0.25) is 0 Å². The number of aromatic nitrogens is 6. The number of fused-ring (bicyclic) bond motifs is 16. The molecule has 4 aliphatic rings. The Morgan fingerprint density at radius 3 is 1.18 bits per heavy atom. The van der Waals surface area contributed by atoms with E-state index in [-0.39, 0.29) is 0 Å². The van der Waals surface area contributed by atoms with E-state index in [1.54, 1.807) is 29.5 Å². The zero-order chi connectivity index (χ0) is 53.0. The summed E-state index contributed by atoms with van der Waals surface area (Å²) in [6, 6.07) is 62.3. The summed E-state index contributed by atoms with van der Waals surface area (Å²) >= 11 is 3.06. The lowest BCUT2D eigenvalue weighted by molar-refractivity contribution is 0.0257. The van der Waals surface area contributed by atoms with Crippen LogP contribution in [0.25, 0.3) is 97.5 Å². The number of rotatable bonds is 4. The molecule has 10 heterocycles. The highest BCUT2D eigenvalue weighted by Gasteiger charge is 2.34. The van der Waals surface area contributed by atoms with Crippen molar-refractivity contribution < 1.29 is 30.6 Å². The molecule has 0 aliphatic carbocycles. The normalized spacial score (nSPS) is 18.6. The maximum absolute atomic E-state index is 11.2. The first-order valence-electron chi connectivity index (χ1n) is 25.4. The number of hydrogen-bond donors (Lipinski definition) is 8. The van der Waals surface area contributed by atoms with E-state index in [9.17, 15) is 30.6 Å². The fraction of sp³-hybridized carbons (Fsp3) is 0.0938. The molecule has 6 aromatic heterocycles. The van der Waals surface area contributed by atoms with Crippen molar-refractivity contribution >= 4 is 75.7 Å². The Bertz CT molecular complexity index is 4160. The largest absolute Gasteiger partial charge is 0.384 e. The number of H-pyrrole nitrogens is 2. The molecule has 10 aromatic rings. The SMILES string of the molecule is OC1c2cc3ccc([nH]3)c(-c3ccccc3)c3nc(cc4ccc(s4)c(-c4ccccc4)c(n2)C1O)C=C3.OC1c2cc3ccc(s3)c(-c3ccccc3)c3nc(cc4ccc([nH]4)c(-c4ccccc4)c(n2)C1O)C(O)C3O. The van der Waals surface area contributed by atoms with E-state index < -0.39 is 36.6 Å². The van der Waals surface area contributed by atoms with Crippen molar-refractivity contribution in [3.8, 4) is 44.5 Å². The minimum Gasteiger partial charge on any atom is -0.384 e. The van der Waals surface area contributed by atoms with Gasteiger partial charge in [0.15, 0.2) is 0 Å². The second-order valence-electron chi connectivity index (χ2n) is 19.3. The summed E-state index contributed by atoms with van der Waals surface area (Å²) in [5.74, 6) is 0. The van der Waals surface area contributed by atoms with E-state index in [0.717, 1.165) is 80.2 Å². The van der Waals surface area contributed by atoms with Crippen LogP contribution in [-0.2, 0) is 0 Å². The molecule has 0 radical (unpaired) electrons. The van der Waals surface area contributed by atoms with Crippen molar-refractivity contribution in [3.05, 3.63) is 240 Å². The zero-order valence-corrected chi connectivity index (χ0v) is 43.0. The van der Waals surface area contributed by atoms with Gasteiger partial charge in [-0.3, -0.25) is 15.0 Å². The van der Waals surface area contributed by atoms with Crippen LogP contribution in [-0.4, -0.2) is 60.5 Å². The maximum Gasteiger partial charge on any atom is 0.128 e. The van der Waals surface area contributed by atoms with Gasteiger partial charge in [-0.15, -0.1) is 22.7 Å². The first-order valence-corrected chi connectivity index (χ1v) is 27.0. The minimum absolute atomic E-state index is 0.338. The molecule has 12 nitrogen and oxygen atoms in total. The van der Waals surface area contributed by atoms with E-state index in [0.29, 0.717) is 50.8 Å². The molecule has 78 heavy (non-hydrogen) atoms. The monoisotopic (exact) mass is 1060 g/mol. The highest BCUT2D eigenvalue weighted by molar-refractivity contribution is 7.24. The minimum atomic E-state index is -1.22. The lowest BCUT2D eigenvalue weighted by atomic mass is 10.00. The first-order chi connectivity index (χ1) is 38.1. The van der Waals surface area contributed by atoms with Crippen molar-refractivity contribution in [1.82, 2.24) is 29.9 Å². The van der Waals surface area contributed by atoms with Crippen LogP contribution >= 0.6 is 22.7 Å². The number of thiophene rings is 2. The highest BCUT2D eigenvalue weighted by Crippen LogP contribution is 2.45. The van der Waals surface area contributed by atoms with Gasteiger partial charge in [-0.05, 0) is 107 Å². The molecule has 0 saturated heterocycles. The predicted octanol–water partition coefficient (Wildman–Crippen LogP) is 13.2. The Morgan fingerprint density at radius 2 is 0.718 bits per heavy atom. The average molecular weight is 1060 g/mol. The Kier molecular flexibility index (Phi) is 12.9. The van der Waals surface area contributed by atoms with Crippen molar-refractivity contribution in [3.63, 3.8) is 0 Å². The maximum atomic E-state index is 11.2. The molecule has 4 aromatic carbocycles. The third kappa shape index (κ3) is 9.15. The van der Waals surface area contributed by atoms with E-state index in [1.807, 2.05) is 158 Å². The van der Waals surface area contributed by atoms with E-state index in [4.69, 9.17) is 19.9 Å². The average Bonchev–Trinajstić information content (AvgIpc) is 4.45. The lowest BCUT2D eigenvalue weighted by Gasteiger charge is -2.11. The molecule has 0 amide bonds. The summed E-state index contributed by atoms with van der Waals surface area (Å²) in [6.07, 6.45) is -3.00. The molecule has 6 atom stereocenters. The Hall–Kier alpha value is -8.54. The van der Waals surface area contributed by atoms with Crippen LogP contribution in [0.15, 0.2) is 194 Å². The lowest BCUT2D eigenvalue weighted by Crippen LogP contribution is -2.04. The molecular weight excluding hydrogens is 1010 g/mol. The summed E-state index contributed by atoms with van der Waals surface area (Å²) in [6.45, 7) is 0. The van der Waals surface area contributed by atoms with Crippen molar-refractivity contribution in [2.75, 3.05) is 0 Å². The van der Waals surface area contributed by atoms with Gasteiger partial charge in [-0.25, -0.2) is 4.98 Å².